The summed E-state index contributed by atoms with van der Waals surface area (Å²) in [5.41, 5.74) is 3.69. The Kier molecular flexibility index (Phi) is 5.50. The highest BCUT2D eigenvalue weighted by Gasteiger charge is 2.17. The molecule has 0 spiro atoms. The number of rotatable bonds is 7. The number of nitro groups is 1. The summed E-state index contributed by atoms with van der Waals surface area (Å²) < 4.78 is 5.38. The maximum absolute atomic E-state index is 11.0. The van der Waals surface area contributed by atoms with Crippen LogP contribution < -0.4 is 10.1 Å². The average Bonchev–Trinajstić information content (AvgIpc) is 2.62. The van der Waals surface area contributed by atoms with Crippen LogP contribution in [0.1, 0.15) is 18.1 Å². The van der Waals surface area contributed by atoms with Gasteiger partial charge >= 0.3 is 5.69 Å². The summed E-state index contributed by atoms with van der Waals surface area (Å²) in [4.78, 5) is 13.0. The lowest BCUT2D eigenvalue weighted by molar-refractivity contribution is -0.385. The number of ether oxygens (including phenoxy) is 1. The van der Waals surface area contributed by atoms with Crippen LogP contribution in [0.25, 0.3) is 0 Å². The van der Waals surface area contributed by atoms with Crippen molar-refractivity contribution < 1.29 is 9.66 Å². The van der Waals surface area contributed by atoms with Crippen LogP contribution in [-0.2, 0) is 13.0 Å². The van der Waals surface area contributed by atoms with Crippen molar-refractivity contribution in [3.05, 3.63) is 63.7 Å². The highest BCUT2D eigenvalue weighted by molar-refractivity contribution is 5.58. The zero-order chi connectivity index (χ0) is 17.6. The van der Waals surface area contributed by atoms with Gasteiger partial charge in [0.05, 0.1) is 11.5 Å². The van der Waals surface area contributed by atoms with E-state index in [1.165, 1.54) is 17.2 Å². The first-order valence-electron chi connectivity index (χ1n) is 8.61. The molecule has 0 atom stereocenters. The molecule has 0 radical (unpaired) electrons. The molecule has 0 aliphatic carbocycles. The van der Waals surface area contributed by atoms with Gasteiger partial charge in [-0.2, -0.15) is 0 Å². The van der Waals surface area contributed by atoms with Crippen molar-refractivity contribution in [1.82, 2.24) is 4.90 Å². The van der Waals surface area contributed by atoms with Gasteiger partial charge in [0, 0.05) is 44.0 Å². The lowest BCUT2D eigenvalue weighted by Gasteiger charge is -2.28. The molecule has 0 amide bonds. The van der Waals surface area contributed by atoms with Gasteiger partial charge in [0.1, 0.15) is 0 Å². The molecule has 0 saturated carbocycles. The van der Waals surface area contributed by atoms with Crippen LogP contribution in [-0.4, -0.2) is 36.1 Å². The molecule has 1 heterocycles. The lowest BCUT2D eigenvalue weighted by atomic mass is 10.00. The number of fused-ring (bicyclic) bond motifs is 1. The molecule has 25 heavy (non-hydrogen) atoms. The largest absolute Gasteiger partial charge is 0.487 e. The number of nitro benzene ring substituents is 1. The molecule has 1 N–H and O–H groups in total. The van der Waals surface area contributed by atoms with Crippen molar-refractivity contribution in [2.45, 2.75) is 19.9 Å². The van der Waals surface area contributed by atoms with Gasteiger partial charge in [0.25, 0.3) is 0 Å². The normalized spacial score (nSPS) is 14.0. The van der Waals surface area contributed by atoms with Gasteiger partial charge in [-0.05, 0) is 30.5 Å². The van der Waals surface area contributed by atoms with E-state index in [0.29, 0.717) is 12.4 Å². The van der Waals surface area contributed by atoms with Gasteiger partial charge in [-0.1, -0.05) is 24.3 Å². The Labute approximate surface area is 147 Å². The highest BCUT2D eigenvalue weighted by atomic mass is 16.6. The average molecular weight is 341 g/mol. The molecule has 6 heteroatoms. The van der Waals surface area contributed by atoms with Crippen molar-refractivity contribution in [3.8, 4) is 5.75 Å². The number of hydrogen-bond acceptors (Lipinski definition) is 5. The van der Waals surface area contributed by atoms with Crippen LogP contribution in [0.4, 0.5) is 11.4 Å². The molecule has 0 bridgehead atoms. The first kappa shape index (κ1) is 17.2. The van der Waals surface area contributed by atoms with Crippen LogP contribution in [0.3, 0.4) is 0 Å². The fraction of sp³-hybridized carbons (Fsp3) is 0.368. The van der Waals surface area contributed by atoms with E-state index < -0.39 is 4.92 Å². The van der Waals surface area contributed by atoms with Crippen LogP contribution in [0.15, 0.2) is 42.5 Å². The van der Waals surface area contributed by atoms with Crippen molar-refractivity contribution in [1.29, 1.82) is 0 Å². The molecule has 2 aromatic rings. The monoisotopic (exact) mass is 341 g/mol. The van der Waals surface area contributed by atoms with E-state index in [0.717, 1.165) is 38.3 Å². The minimum atomic E-state index is -0.417. The van der Waals surface area contributed by atoms with Gasteiger partial charge in [-0.25, -0.2) is 0 Å². The molecular formula is C19H23N3O3. The van der Waals surface area contributed by atoms with Gasteiger partial charge in [-0.3, -0.25) is 15.0 Å². The maximum atomic E-state index is 11.0. The second-order valence-corrected chi connectivity index (χ2v) is 6.09. The molecule has 1 aliphatic heterocycles. The third kappa shape index (κ3) is 4.28. The summed E-state index contributed by atoms with van der Waals surface area (Å²) in [5.74, 6) is 0.310. The summed E-state index contributed by atoms with van der Waals surface area (Å²) in [5, 5.41) is 14.4. The molecule has 132 valence electrons. The van der Waals surface area contributed by atoms with E-state index >= 15 is 0 Å². The van der Waals surface area contributed by atoms with Gasteiger partial charge in [-0.15, -0.1) is 0 Å². The molecule has 0 saturated heterocycles. The van der Waals surface area contributed by atoms with E-state index in [1.807, 2.05) is 6.92 Å². The number of hydrogen-bond donors (Lipinski definition) is 1. The molecule has 0 unspecified atom stereocenters. The van der Waals surface area contributed by atoms with Crippen molar-refractivity contribution >= 4 is 11.4 Å². The summed E-state index contributed by atoms with van der Waals surface area (Å²) >= 11 is 0. The Bertz CT molecular complexity index is 748. The molecule has 0 aromatic heterocycles. The minimum Gasteiger partial charge on any atom is -0.487 e. The van der Waals surface area contributed by atoms with Gasteiger partial charge in [0.2, 0.25) is 0 Å². The molecule has 3 rings (SSSR count). The Morgan fingerprint density at radius 1 is 1.24 bits per heavy atom. The van der Waals surface area contributed by atoms with Crippen LogP contribution in [0.5, 0.6) is 5.75 Å². The maximum Gasteiger partial charge on any atom is 0.311 e. The topological polar surface area (TPSA) is 67.6 Å². The predicted molar refractivity (Wildman–Crippen MR) is 98.2 cm³/mol. The fourth-order valence-corrected chi connectivity index (χ4v) is 3.15. The summed E-state index contributed by atoms with van der Waals surface area (Å²) in [6.07, 6.45) is 1.09. The Morgan fingerprint density at radius 3 is 2.80 bits per heavy atom. The number of nitrogens with one attached hydrogen (secondary N) is 1. The van der Waals surface area contributed by atoms with Crippen molar-refractivity contribution in [2.75, 3.05) is 31.6 Å². The standard InChI is InChI=1S/C19H23N3O3/c1-2-25-19-13-17(7-8-18(19)22(23)24)20-10-12-21-11-9-15-5-3-4-6-16(15)14-21/h3-8,13,20H,2,9-12,14H2,1H3. The molecule has 2 aromatic carbocycles. The summed E-state index contributed by atoms with van der Waals surface area (Å²) in [6, 6.07) is 13.5. The Balaban J connectivity index is 1.56. The predicted octanol–water partition coefficient (Wildman–Crippen LogP) is 3.46. The molecular weight excluding hydrogens is 318 g/mol. The lowest BCUT2D eigenvalue weighted by Crippen LogP contribution is -2.34. The van der Waals surface area contributed by atoms with Crippen LogP contribution >= 0.6 is 0 Å². The minimum absolute atomic E-state index is 0.0000347. The highest BCUT2D eigenvalue weighted by Crippen LogP contribution is 2.30. The first-order chi connectivity index (χ1) is 12.2. The Morgan fingerprint density at radius 2 is 2.04 bits per heavy atom. The summed E-state index contributed by atoms with van der Waals surface area (Å²) in [7, 11) is 0. The number of benzene rings is 2. The second kappa shape index (κ2) is 7.98. The zero-order valence-electron chi connectivity index (χ0n) is 14.4. The van der Waals surface area contributed by atoms with Crippen LogP contribution in [0.2, 0.25) is 0 Å². The van der Waals surface area contributed by atoms with Gasteiger partial charge in [0.15, 0.2) is 5.75 Å². The second-order valence-electron chi connectivity index (χ2n) is 6.09. The third-order valence-corrected chi connectivity index (χ3v) is 4.42. The van der Waals surface area contributed by atoms with E-state index in [2.05, 4.69) is 34.5 Å². The van der Waals surface area contributed by atoms with E-state index in [9.17, 15) is 10.1 Å². The zero-order valence-corrected chi connectivity index (χ0v) is 14.4. The Hall–Kier alpha value is -2.60. The quantitative estimate of drug-likeness (QED) is 0.617. The molecule has 6 nitrogen and oxygen atoms in total. The van der Waals surface area contributed by atoms with E-state index in [4.69, 9.17) is 4.74 Å². The van der Waals surface area contributed by atoms with E-state index in [1.54, 1.807) is 12.1 Å². The van der Waals surface area contributed by atoms with Crippen molar-refractivity contribution in [3.63, 3.8) is 0 Å². The third-order valence-electron chi connectivity index (χ3n) is 4.42. The summed E-state index contributed by atoms with van der Waals surface area (Å²) in [6.45, 7) is 5.96. The van der Waals surface area contributed by atoms with Crippen LogP contribution in [0, 0.1) is 10.1 Å². The number of nitrogens with zero attached hydrogens (tertiary/aromatic N) is 2. The number of anilines is 1. The molecule has 1 aliphatic rings. The van der Waals surface area contributed by atoms with E-state index in [-0.39, 0.29) is 5.69 Å². The first-order valence-corrected chi connectivity index (χ1v) is 8.61. The van der Waals surface area contributed by atoms with Crippen molar-refractivity contribution in [2.24, 2.45) is 0 Å². The smallest absolute Gasteiger partial charge is 0.311 e. The molecule has 0 fully saturated rings. The SMILES string of the molecule is CCOc1cc(NCCN2CCc3ccccc3C2)ccc1[N+](=O)[O-]. The van der Waals surface area contributed by atoms with Gasteiger partial charge < -0.3 is 10.1 Å². The fourth-order valence-electron chi connectivity index (χ4n) is 3.15.